The van der Waals surface area contributed by atoms with E-state index in [1.165, 1.54) is 0 Å². The summed E-state index contributed by atoms with van der Waals surface area (Å²) in [5.74, 6) is 0.612. The quantitative estimate of drug-likeness (QED) is 0.226. The van der Waals surface area contributed by atoms with Crippen molar-refractivity contribution in [3.05, 3.63) is 0 Å². The van der Waals surface area contributed by atoms with Crippen molar-refractivity contribution in [2.75, 3.05) is 58.2 Å². The van der Waals surface area contributed by atoms with Gasteiger partial charge in [0.05, 0.1) is 32.3 Å². The number of ether oxygens (including phenoxy) is 2. The van der Waals surface area contributed by atoms with Crippen LogP contribution in [-0.4, -0.2) is 69.5 Å². The zero-order valence-corrected chi connectivity index (χ0v) is 14.0. The van der Waals surface area contributed by atoms with E-state index >= 15 is 0 Å². The molecule has 0 spiro atoms. The molecule has 0 aromatic heterocycles. The topological polar surface area (TPSA) is 71.6 Å². The van der Waals surface area contributed by atoms with E-state index in [0.29, 0.717) is 44.1 Å². The highest BCUT2D eigenvalue weighted by atomic mass is 32.2. The second-order valence-electron chi connectivity index (χ2n) is 4.14. The lowest BCUT2D eigenvalue weighted by molar-refractivity contribution is 0.0505. The molecule has 0 saturated carbocycles. The van der Waals surface area contributed by atoms with Gasteiger partial charge in [0, 0.05) is 24.9 Å². The molecule has 0 saturated heterocycles. The van der Waals surface area contributed by atoms with Gasteiger partial charge in [0.25, 0.3) is 0 Å². The van der Waals surface area contributed by atoms with Gasteiger partial charge in [-0.25, -0.2) is 4.79 Å². The average molecular weight is 325 g/mol. The standard InChI is InChI=1S/C12H27N3O3S2/c1-11(19)9-13-3-5-17-7-8-18-6-4-14-12(16)15-10-20-2/h11,13,19H,3-10H2,1-2H3,(H2,14,15,16). The van der Waals surface area contributed by atoms with E-state index < -0.39 is 0 Å². The molecule has 20 heavy (non-hydrogen) atoms. The molecule has 6 nitrogen and oxygen atoms in total. The van der Waals surface area contributed by atoms with Gasteiger partial charge in [-0.1, -0.05) is 6.92 Å². The third-order valence-corrected chi connectivity index (χ3v) is 2.76. The van der Waals surface area contributed by atoms with Crippen LogP contribution in [0, 0.1) is 0 Å². The van der Waals surface area contributed by atoms with Gasteiger partial charge >= 0.3 is 6.03 Å². The number of hydrogen-bond acceptors (Lipinski definition) is 6. The molecular weight excluding hydrogens is 298 g/mol. The zero-order valence-electron chi connectivity index (χ0n) is 12.3. The summed E-state index contributed by atoms with van der Waals surface area (Å²) in [5, 5.41) is 8.98. The number of carbonyl (C=O) groups excluding carboxylic acids is 1. The Balaban J connectivity index is 3.08. The number of amides is 2. The first-order valence-electron chi connectivity index (χ1n) is 6.71. The fourth-order valence-electron chi connectivity index (χ4n) is 1.21. The fourth-order valence-corrected chi connectivity index (χ4v) is 1.62. The Kier molecular flexibility index (Phi) is 15.1. The van der Waals surface area contributed by atoms with E-state index in [-0.39, 0.29) is 6.03 Å². The van der Waals surface area contributed by atoms with Gasteiger partial charge in [0.2, 0.25) is 0 Å². The lowest BCUT2D eigenvalue weighted by Crippen LogP contribution is -2.37. The van der Waals surface area contributed by atoms with Crippen LogP contribution in [-0.2, 0) is 9.47 Å². The molecule has 0 aliphatic rings. The Morgan fingerprint density at radius 1 is 1.15 bits per heavy atom. The third kappa shape index (κ3) is 15.9. The van der Waals surface area contributed by atoms with Crippen LogP contribution in [0.5, 0.6) is 0 Å². The van der Waals surface area contributed by atoms with Crippen molar-refractivity contribution in [1.82, 2.24) is 16.0 Å². The zero-order chi connectivity index (χ0) is 15.1. The smallest absolute Gasteiger partial charge is 0.315 e. The van der Waals surface area contributed by atoms with Crippen LogP contribution in [0.2, 0.25) is 0 Å². The minimum atomic E-state index is -0.163. The third-order valence-electron chi connectivity index (χ3n) is 2.14. The van der Waals surface area contributed by atoms with Crippen molar-refractivity contribution < 1.29 is 14.3 Å². The number of rotatable bonds is 13. The van der Waals surface area contributed by atoms with E-state index in [1.807, 2.05) is 13.2 Å². The average Bonchev–Trinajstić information content (AvgIpc) is 2.42. The Labute approximate surface area is 131 Å². The van der Waals surface area contributed by atoms with E-state index in [4.69, 9.17) is 9.47 Å². The lowest BCUT2D eigenvalue weighted by Gasteiger charge is -2.09. The monoisotopic (exact) mass is 325 g/mol. The Hall–Kier alpha value is -0.150. The molecule has 8 heteroatoms. The molecule has 0 aromatic carbocycles. The molecule has 0 fully saturated rings. The summed E-state index contributed by atoms with van der Waals surface area (Å²) in [6.07, 6.45) is 1.93. The molecular formula is C12H27N3O3S2. The van der Waals surface area contributed by atoms with Crippen molar-refractivity contribution in [2.24, 2.45) is 0 Å². The minimum absolute atomic E-state index is 0.163. The van der Waals surface area contributed by atoms with Gasteiger partial charge < -0.3 is 25.4 Å². The van der Waals surface area contributed by atoms with E-state index in [1.54, 1.807) is 11.8 Å². The summed E-state index contributed by atoms with van der Waals surface area (Å²) in [5.41, 5.74) is 0. The maximum atomic E-state index is 11.2. The van der Waals surface area contributed by atoms with Crippen molar-refractivity contribution in [3.63, 3.8) is 0 Å². The molecule has 120 valence electrons. The Morgan fingerprint density at radius 3 is 2.40 bits per heavy atom. The Morgan fingerprint density at radius 2 is 1.80 bits per heavy atom. The van der Waals surface area contributed by atoms with E-state index in [9.17, 15) is 4.79 Å². The van der Waals surface area contributed by atoms with Crippen molar-refractivity contribution in [2.45, 2.75) is 12.2 Å². The normalized spacial score (nSPS) is 12.2. The molecule has 0 aliphatic heterocycles. The molecule has 0 aromatic rings. The Bertz CT molecular complexity index is 234. The van der Waals surface area contributed by atoms with E-state index in [2.05, 4.69) is 28.6 Å². The first-order chi connectivity index (χ1) is 9.66. The second-order valence-corrected chi connectivity index (χ2v) is 5.89. The second kappa shape index (κ2) is 15.2. The van der Waals surface area contributed by atoms with Crippen LogP contribution in [0.3, 0.4) is 0 Å². The predicted molar refractivity (Wildman–Crippen MR) is 87.9 cm³/mol. The molecule has 1 unspecified atom stereocenters. The number of thioether (sulfide) groups is 1. The van der Waals surface area contributed by atoms with Gasteiger partial charge in [0.1, 0.15) is 0 Å². The molecule has 0 radical (unpaired) electrons. The SMILES string of the molecule is CSCNC(=O)NCCOCCOCCNCC(C)S. The fraction of sp³-hybridized carbons (Fsp3) is 0.917. The highest BCUT2D eigenvalue weighted by molar-refractivity contribution is 7.98. The molecule has 0 aliphatic carbocycles. The lowest BCUT2D eigenvalue weighted by atomic mass is 10.4. The molecule has 0 rings (SSSR count). The predicted octanol–water partition coefficient (Wildman–Crippen LogP) is 0.547. The van der Waals surface area contributed by atoms with E-state index in [0.717, 1.165) is 13.1 Å². The maximum Gasteiger partial charge on any atom is 0.315 e. The highest BCUT2D eigenvalue weighted by Gasteiger charge is 1.97. The summed E-state index contributed by atoms with van der Waals surface area (Å²) in [7, 11) is 0. The number of hydrogen-bond donors (Lipinski definition) is 4. The number of carbonyl (C=O) groups is 1. The summed E-state index contributed by atoms with van der Waals surface area (Å²) in [6.45, 7) is 6.51. The molecule has 1 atom stereocenters. The number of urea groups is 1. The molecule has 0 bridgehead atoms. The number of thiol groups is 1. The largest absolute Gasteiger partial charge is 0.378 e. The first kappa shape index (κ1) is 19.9. The van der Waals surface area contributed by atoms with Crippen molar-refractivity contribution in [1.29, 1.82) is 0 Å². The van der Waals surface area contributed by atoms with Crippen LogP contribution in [0.4, 0.5) is 4.79 Å². The van der Waals surface area contributed by atoms with Gasteiger partial charge in [-0.2, -0.15) is 12.6 Å². The van der Waals surface area contributed by atoms with Crippen molar-refractivity contribution >= 4 is 30.4 Å². The van der Waals surface area contributed by atoms with Crippen molar-refractivity contribution in [3.8, 4) is 0 Å². The molecule has 2 amide bonds. The number of nitrogens with one attached hydrogen (secondary N) is 3. The summed E-state index contributed by atoms with van der Waals surface area (Å²) >= 11 is 5.82. The van der Waals surface area contributed by atoms with Gasteiger partial charge in [0.15, 0.2) is 0 Å². The van der Waals surface area contributed by atoms with Gasteiger partial charge in [-0.3, -0.25) is 0 Å². The summed E-state index contributed by atoms with van der Waals surface area (Å²) in [4.78, 5) is 11.2. The molecule has 0 heterocycles. The first-order valence-corrected chi connectivity index (χ1v) is 8.62. The van der Waals surface area contributed by atoms with Crippen LogP contribution in [0.15, 0.2) is 0 Å². The molecule has 3 N–H and O–H groups in total. The summed E-state index contributed by atoms with van der Waals surface area (Å²) < 4.78 is 10.7. The minimum Gasteiger partial charge on any atom is -0.378 e. The van der Waals surface area contributed by atoms with Crippen LogP contribution < -0.4 is 16.0 Å². The van der Waals surface area contributed by atoms with Crippen LogP contribution in [0.1, 0.15) is 6.92 Å². The van der Waals surface area contributed by atoms with Crippen LogP contribution in [0.25, 0.3) is 0 Å². The summed E-state index contributed by atoms with van der Waals surface area (Å²) in [6, 6.07) is -0.163. The van der Waals surface area contributed by atoms with Crippen LogP contribution >= 0.6 is 24.4 Å². The highest BCUT2D eigenvalue weighted by Crippen LogP contribution is 1.87. The van der Waals surface area contributed by atoms with Gasteiger partial charge in [-0.05, 0) is 6.26 Å². The maximum absolute atomic E-state index is 11.2. The van der Waals surface area contributed by atoms with Gasteiger partial charge in [-0.15, -0.1) is 11.8 Å².